The fraction of sp³-hybridized carbons (Fsp3) is 0.381. The second kappa shape index (κ2) is 8.20. The zero-order valence-electron chi connectivity index (χ0n) is 15.6. The van der Waals surface area contributed by atoms with Crippen LogP contribution in [0.5, 0.6) is 5.75 Å². The first-order valence-electron chi connectivity index (χ1n) is 9.14. The van der Waals surface area contributed by atoms with Crippen LogP contribution in [0.4, 0.5) is 0 Å². The lowest BCUT2D eigenvalue weighted by atomic mass is 9.89. The number of aryl methyl sites for hydroxylation is 2. The number of hydrogen-bond donors (Lipinski definition) is 1. The van der Waals surface area contributed by atoms with Crippen molar-refractivity contribution >= 4 is 11.9 Å². The van der Waals surface area contributed by atoms with Gasteiger partial charge in [-0.2, -0.15) is 0 Å². The van der Waals surface area contributed by atoms with E-state index >= 15 is 0 Å². The minimum atomic E-state index is -0.879. The predicted molar refractivity (Wildman–Crippen MR) is 101 cm³/mol. The van der Waals surface area contributed by atoms with Crippen LogP contribution in [0.2, 0.25) is 0 Å². The highest BCUT2D eigenvalue weighted by Crippen LogP contribution is 2.33. The summed E-state index contributed by atoms with van der Waals surface area (Å²) in [5, 5.41) is 9.57. The highest BCUT2D eigenvalue weighted by atomic mass is 16.5. The number of carboxylic acids is 1. The quantitative estimate of drug-likeness (QED) is 0.848. The van der Waals surface area contributed by atoms with Gasteiger partial charge in [0.25, 0.3) is 5.91 Å². The lowest BCUT2D eigenvalue weighted by molar-refractivity contribution is -0.142. The molecule has 0 aliphatic carbocycles. The van der Waals surface area contributed by atoms with Crippen molar-refractivity contribution in [3.8, 4) is 5.75 Å². The van der Waals surface area contributed by atoms with E-state index in [0.717, 1.165) is 17.0 Å². The van der Waals surface area contributed by atoms with Crippen LogP contribution >= 0.6 is 0 Å². The topological polar surface area (TPSA) is 79.7 Å². The van der Waals surface area contributed by atoms with Crippen LogP contribution in [-0.4, -0.2) is 46.6 Å². The SMILES string of the molecule is CCc1nc(C)ccc1OCC(=O)N1C[C@H](C(=O)O)[C@@H](c2ccccc2)C1. The maximum atomic E-state index is 12.6. The molecule has 0 unspecified atom stereocenters. The Morgan fingerprint density at radius 2 is 1.93 bits per heavy atom. The van der Waals surface area contributed by atoms with Gasteiger partial charge in [-0.25, -0.2) is 0 Å². The standard InChI is InChI=1S/C21H24N2O4/c1-3-18-19(10-9-14(2)22-18)27-13-20(24)23-11-16(17(12-23)21(25)26)15-7-5-4-6-8-15/h4-10,16-17H,3,11-13H2,1-2H3,(H,25,26)/t16-,17+/m1/s1. The van der Waals surface area contributed by atoms with E-state index in [4.69, 9.17) is 4.74 Å². The fourth-order valence-corrected chi connectivity index (χ4v) is 3.51. The summed E-state index contributed by atoms with van der Waals surface area (Å²) < 4.78 is 5.69. The van der Waals surface area contributed by atoms with Crippen LogP contribution in [0, 0.1) is 12.8 Å². The molecular formula is C21H24N2O4. The van der Waals surface area contributed by atoms with Gasteiger partial charge >= 0.3 is 5.97 Å². The third kappa shape index (κ3) is 4.27. The van der Waals surface area contributed by atoms with Crippen LogP contribution in [-0.2, 0) is 16.0 Å². The maximum Gasteiger partial charge on any atom is 0.308 e. The van der Waals surface area contributed by atoms with E-state index in [-0.39, 0.29) is 25.0 Å². The van der Waals surface area contributed by atoms with Crippen molar-refractivity contribution in [1.29, 1.82) is 0 Å². The van der Waals surface area contributed by atoms with Gasteiger partial charge in [-0.3, -0.25) is 14.6 Å². The second-order valence-electron chi connectivity index (χ2n) is 6.80. The summed E-state index contributed by atoms with van der Waals surface area (Å²) in [6.07, 6.45) is 0.714. The Kier molecular flexibility index (Phi) is 5.74. The smallest absolute Gasteiger partial charge is 0.308 e. The molecule has 27 heavy (non-hydrogen) atoms. The zero-order chi connectivity index (χ0) is 19.4. The first-order chi connectivity index (χ1) is 13.0. The van der Waals surface area contributed by atoms with Crippen LogP contribution < -0.4 is 4.74 Å². The van der Waals surface area contributed by atoms with E-state index in [9.17, 15) is 14.7 Å². The molecule has 1 fully saturated rings. The number of rotatable bonds is 6. The molecule has 0 saturated carbocycles. The number of ether oxygens (including phenoxy) is 1. The number of likely N-dealkylation sites (tertiary alicyclic amines) is 1. The zero-order valence-corrected chi connectivity index (χ0v) is 15.6. The molecule has 0 radical (unpaired) electrons. The summed E-state index contributed by atoms with van der Waals surface area (Å²) >= 11 is 0. The number of nitrogens with zero attached hydrogens (tertiary/aromatic N) is 2. The number of aliphatic carboxylic acids is 1. The summed E-state index contributed by atoms with van der Waals surface area (Å²) in [7, 11) is 0. The van der Waals surface area contributed by atoms with E-state index in [0.29, 0.717) is 18.7 Å². The van der Waals surface area contributed by atoms with Gasteiger partial charge in [0.2, 0.25) is 0 Å². The number of carboxylic acid groups (broad SMARTS) is 1. The molecule has 1 aliphatic heterocycles. The van der Waals surface area contributed by atoms with E-state index in [2.05, 4.69) is 4.98 Å². The lowest BCUT2D eigenvalue weighted by Crippen LogP contribution is -2.34. The number of carbonyl (C=O) groups excluding carboxylic acids is 1. The molecule has 1 aromatic carbocycles. The Balaban J connectivity index is 1.68. The molecule has 2 aromatic rings. The van der Waals surface area contributed by atoms with Crippen LogP contribution in [0.15, 0.2) is 42.5 Å². The van der Waals surface area contributed by atoms with Crippen LogP contribution in [0.25, 0.3) is 0 Å². The minimum absolute atomic E-state index is 0.119. The molecule has 142 valence electrons. The second-order valence-corrected chi connectivity index (χ2v) is 6.80. The van der Waals surface area contributed by atoms with E-state index < -0.39 is 11.9 Å². The lowest BCUT2D eigenvalue weighted by Gasteiger charge is -2.17. The van der Waals surface area contributed by atoms with Gasteiger partial charge < -0.3 is 14.7 Å². The van der Waals surface area contributed by atoms with Gasteiger partial charge in [-0.15, -0.1) is 0 Å². The van der Waals surface area contributed by atoms with E-state index in [1.54, 1.807) is 4.90 Å². The third-order valence-corrected chi connectivity index (χ3v) is 4.98. The molecule has 2 atom stereocenters. The Bertz CT molecular complexity index is 822. The molecule has 2 heterocycles. The number of hydrogen-bond acceptors (Lipinski definition) is 4. The summed E-state index contributed by atoms with van der Waals surface area (Å²) in [5.74, 6) is -1.30. The Morgan fingerprint density at radius 1 is 1.19 bits per heavy atom. The average Bonchev–Trinajstić information content (AvgIpc) is 3.13. The molecule has 1 saturated heterocycles. The van der Waals surface area contributed by atoms with Gasteiger partial charge in [0.05, 0.1) is 11.6 Å². The van der Waals surface area contributed by atoms with Crippen molar-refractivity contribution in [3.63, 3.8) is 0 Å². The van der Waals surface area contributed by atoms with Crippen molar-refractivity contribution in [1.82, 2.24) is 9.88 Å². The molecule has 1 aromatic heterocycles. The highest BCUT2D eigenvalue weighted by Gasteiger charge is 2.40. The molecule has 0 bridgehead atoms. The summed E-state index contributed by atoms with van der Waals surface area (Å²) in [6, 6.07) is 13.2. The minimum Gasteiger partial charge on any atom is -0.482 e. The summed E-state index contributed by atoms with van der Waals surface area (Å²) in [6.45, 7) is 4.36. The molecule has 1 amide bonds. The highest BCUT2D eigenvalue weighted by molar-refractivity contribution is 5.80. The molecule has 0 spiro atoms. The van der Waals surface area contributed by atoms with Crippen molar-refractivity contribution in [2.45, 2.75) is 26.2 Å². The Hall–Kier alpha value is -2.89. The molecular weight excluding hydrogens is 344 g/mol. The number of pyridine rings is 1. The fourth-order valence-electron chi connectivity index (χ4n) is 3.51. The average molecular weight is 368 g/mol. The number of amides is 1. The van der Waals surface area contributed by atoms with Crippen LogP contribution in [0.1, 0.15) is 29.8 Å². The van der Waals surface area contributed by atoms with Gasteiger partial charge in [0.1, 0.15) is 5.75 Å². The number of benzene rings is 1. The number of carbonyl (C=O) groups is 2. The number of aromatic nitrogens is 1. The first-order valence-corrected chi connectivity index (χ1v) is 9.14. The normalized spacial score (nSPS) is 19.1. The molecule has 6 nitrogen and oxygen atoms in total. The summed E-state index contributed by atoms with van der Waals surface area (Å²) in [5.41, 5.74) is 2.66. The first kappa shape index (κ1) is 18.9. The van der Waals surface area contributed by atoms with Crippen molar-refractivity contribution in [2.24, 2.45) is 5.92 Å². The van der Waals surface area contributed by atoms with Gasteiger partial charge in [-0.05, 0) is 31.0 Å². The van der Waals surface area contributed by atoms with Crippen molar-refractivity contribution < 1.29 is 19.4 Å². The molecule has 6 heteroatoms. The third-order valence-electron chi connectivity index (χ3n) is 4.98. The van der Waals surface area contributed by atoms with Crippen LogP contribution in [0.3, 0.4) is 0 Å². The van der Waals surface area contributed by atoms with E-state index in [1.165, 1.54) is 0 Å². The molecule has 3 rings (SSSR count). The van der Waals surface area contributed by atoms with Gasteiger partial charge in [0, 0.05) is 24.7 Å². The maximum absolute atomic E-state index is 12.6. The van der Waals surface area contributed by atoms with Gasteiger partial charge in [-0.1, -0.05) is 37.3 Å². The summed E-state index contributed by atoms with van der Waals surface area (Å²) in [4.78, 5) is 30.3. The van der Waals surface area contributed by atoms with Crippen molar-refractivity contribution in [2.75, 3.05) is 19.7 Å². The largest absolute Gasteiger partial charge is 0.482 e. The molecule has 1 aliphatic rings. The monoisotopic (exact) mass is 368 g/mol. The Labute approximate surface area is 158 Å². The molecule has 1 N–H and O–H groups in total. The van der Waals surface area contributed by atoms with E-state index in [1.807, 2.05) is 56.3 Å². The Morgan fingerprint density at radius 3 is 2.59 bits per heavy atom. The van der Waals surface area contributed by atoms with Gasteiger partial charge in [0.15, 0.2) is 6.61 Å². The predicted octanol–water partition coefficient (Wildman–Crippen LogP) is 2.66. The van der Waals surface area contributed by atoms with Crippen molar-refractivity contribution in [3.05, 3.63) is 59.4 Å².